The zero-order chi connectivity index (χ0) is 13.4. The second-order valence-electron chi connectivity index (χ2n) is 3.83. The van der Waals surface area contributed by atoms with Gasteiger partial charge in [0.05, 0.1) is 25.0 Å². The van der Waals surface area contributed by atoms with Crippen molar-refractivity contribution in [3.63, 3.8) is 0 Å². The predicted molar refractivity (Wildman–Crippen MR) is 73.8 cm³/mol. The molecule has 1 rings (SSSR count). The lowest BCUT2D eigenvalue weighted by Gasteiger charge is -2.20. The molecule has 0 aromatic carbocycles. The van der Waals surface area contributed by atoms with Crippen LogP contribution in [-0.2, 0) is 6.54 Å². The molecule has 0 amide bonds. The van der Waals surface area contributed by atoms with E-state index in [0.29, 0.717) is 19.6 Å². The molecule has 18 heavy (non-hydrogen) atoms. The lowest BCUT2D eigenvalue weighted by Crippen LogP contribution is -2.30. The molecule has 0 radical (unpaired) electrons. The number of nitrogens with zero attached hydrogens (tertiary/aromatic N) is 3. The van der Waals surface area contributed by atoms with Crippen molar-refractivity contribution in [2.24, 2.45) is 0 Å². The fourth-order valence-electron chi connectivity index (χ4n) is 1.70. The molecule has 0 atom stereocenters. The van der Waals surface area contributed by atoms with Crippen molar-refractivity contribution in [3.05, 3.63) is 22.6 Å². The van der Waals surface area contributed by atoms with Gasteiger partial charge >= 0.3 is 0 Å². The highest BCUT2D eigenvalue weighted by molar-refractivity contribution is 5.42. The molecule has 98 valence electrons. The van der Waals surface area contributed by atoms with Gasteiger partial charge in [-0.2, -0.15) is 5.10 Å². The third-order valence-corrected chi connectivity index (χ3v) is 2.71. The third-order valence-electron chi connectivity index (χ3n) is 2.71. The first-order valence-corrected chi connectivity index (χ1v) is 6.19. The second kappa shape index (κ2) is 7.51. The number of hydrogen-bond acceptors (Lipinski definition) is 4. The maximum absolute atomic E-state index is 11.8. The molecule has 1 aromatic rings. The van der Waals surface area contributed by atoms with Crippen LogP contribution in [0.5, 0.6) is 0 Å². The molecule has 1 N–H and O–H groups in total. The Bertz CT molecular complexity index is 457. The van der Waals surface area contributed by atoms with Crippen molar-refractivity contribution in [1.29, 1.82) is 0 Å². The van der Waals surface area contributed by atoms with E-state index in [1.807, 2.05) is 0 Å². The van der Waals surface area contributed by atoms with Gasteiger partial charge in [-0.05, 0) is 13.8 Å². The minimum absolute atomic E-state index is 0.0816. The van der Waals surface area contributed by atoms with Gasteiger partial charge < -0.3 is 10.2 Å². The topological polar surface area (TPSA) is 50.2 Å². The maximum Gasteiger partial charge on any atom is 0.268 e. The van der Waals surface area contributed by atoms with E-state index < -0.39 is 0 Å². The third kappa shape index (κ3) is 3.90. The zero-order valence-electron chi connectivity index (χ0n) is 11.0. The van der Waals surface area contributed by atoms with Crippen LogP contribution in [-0.4, -0.2) is 36.0 Å². The SMILES string of the molecule is C#CCNCCn1ncc(N(CC)CC)cc1=O. The normalized spacial score (nSPS) is 10.1. The Kier molecular flexibility index (Phi) is 5.95. The lowest BCUT2D eigenvalue weighted by molar-refractivity contribution is 0.547. The van der Waals surface area contributed by atoms with Crippen molar-refractivity contribution in [2.45, 2.75) is 20.4 Å². The van der Waals surface area contributed by atoms with Gasteiger partial charge in [0.2, 0.25) is 0 Å². The molecule has 5 heteroatoms. The molecule has 1 aromatic heterocycles. The molecule has 0 aliphatic heterocycles. The Morgan fingerprint density at radius 2 is 2.22 bits per heavy atom. The first-order valence-electron chi connectivity index (χ1n) is 6.19. The van der Waals surface area contributed by atoms with Crippen LogP contribution in [0.1, 0.15) is 13.8 Å². The molecule has 0 aliphatic rings. The van der Waals surface area contributed by atoms with Crippen LogP contribution in [0.2, 0.25) is 0 Å². The number of anilines is 1. The smallest absolute Gasteiger partial charge is 0.268 e. The average Bonchev–Trinajstić information content (AvgIpc) is 2.38. The minimum atomic E-state index is -0.0816. The highest BCUT2D eigenvalue weighted by Crippen LogP contribution is 2.07. The number of rotatable bonds is 7. The maximum atomic E-state index is 11.8. The summed E-state index contributed by atoms with van der Waals surface area (Å²) in [5, 5.41) is 7.19. The summed E-state index contributed by atoms with van der Waals surface area (Å²) < 4.78 is 1.44. The summed E-state index contributed by atoms with van der Waals surface area (Å²) in [7, 11) is 0. The van der Waals surface area contributed by atoms with Gasteiger partial charge in [-0.1, -0.05) is 5.92 Å². The molecule has 0 saturated heterocycles. The number of aromatic nitrogens is 2. The van der Waals surface area contributed by atoms with E-state index in [2.05, 4.69) is 35.1 Å². The number of hydrogen-bond donors (Lipinski definition) is 1. The van der Waals surface area contributed by atoms with Crippen LogP contribution >= 0.6 is 0 Å². The Hall–Kier alpha value is -1.80. The van der Waals surface area contributed by atoms with Crippen LogP contribution < -0.4 is 15.8 Å². The van der Waals surface area contributed by atoms with Gasteiger partial charge in [-0.15, -0.1) is 6.42 Å². The van der Waals surface area contributed by atoms with Crippen LogP contribution in [0.15, 0.2) is 17.1 Å². The fraction of sp³-hybridized carbons (Fsp3) is 0.538. The predicted octanol–water partition coefficient (Wildman–Crippen LogP) is 0.312. The number of nitrogens with one attached hydrogen (secondary N) is 1. The minimum Gasteiger partial charge on any atom is -0.371 e. The van der Waals surface area contributed by atoms with Crippen molar-refractivity contribution >= 4 is 5.69 Å². The molecular formula is C13H20N4O. The molecular weight excluding hydrogens is 228 g/mol. The van der Waals surface area contributed by atoms with E-state index in [1.54, 1.807) is 12.3 Å². The van der Waals surface area contributed by atoms with Gasteiger partial charge in [0.15, 0.2) is 0 Å². The highest BCUT2D eigenvalue weighted by atomic mass is 16.1. The lowest BCUT2D eigenvalue weighted by atomic mass is 10.4. The summed E-state index contributed by atoms with van der Waals surface area (Å²) >= 11 is 0. The Morgan fingerprint density at radius 1 is 1.50 bits per heavy atom. The monoisotopic (exact) mass is 248 g/mol. The molecule has 1 heterocycles. The van der Waals surface area contributed by atoms with Gasteiger partial charge in [0, 0.05) is 25.7 Å². The first-order chi connectivity index (χ1) is 8.72. The van der Waals surface area contributed by atoms with Crippen LogP contribution in [0.4, 0.5) is 5.69 Å². The van der Waals surface area contributed by atoms with Gasteiger partial charge in [0.1, 0.15) is 0 Å². The largest absolute Gasteiger partial charge is 0.371 e. The highest BCUT2D eigenvalue weighted by Gasteiger charge is 2.04. The average molecular weight is 248 g/mol. The summed E-state index contributed by atoms with van der Waals surface area (Å²) in [4.78, 5) is 13.9. The summed E-state index contributed by atoms with van der Waals surface area (Å²) in [6, 6.07) is 1.63. The quantitative estimate of drug-likeness (QED) is 0.557. The van der Waals surface area contributed by atoms with Gasteiger partial charge in [0.25, 0.3) is 5.56 Å². The molecule has 0 aliphatic carbocycles. The van der Waals surface area contributed by atoms with E-state index in [-0.39, 0.29) is 5.56 Å². The van der Waals surface area contributed by atoms with Crippen molar-refractivity contribution in [3.8, 4) is 12.3 Å². The Balaban J connectivity index is 2.68. The molecule has 0 fully saturated rings. The zero-order valence-corrected chi connectivity index (χ0v) is 11.0. The summed E-state index contributed by atoms with van der Waals surface area (Å²) in [6.45, 7) is 7.52. The molecule has 0 saturated carbocycles. The van der Waals surface area contributed by atoms with Crippen LogP contribution in [0, 0.1) is 12.3 Å². The van der Waals surface area contributed by atoms with E-state index in [1.165, 1.54) is 4.68 Å². The van der Waals surface area contributed by atoms with Crippen LogP contribution in [0.3, 0.4) is 0 Å². The molecule has 0 unspecified atom stereocenters. The van der Waals surface area contributed by atoms with Crippen molar-refractivity contribution < 1.29 is 0 Å². The van der Waals surface area contributed by atoms with Crippen molar-refractivity contribution in [2.75, 3.05) is 31.1 Å². The van der Waals surface area contributed by atoms with E-state index in [4.69, 9.17) is 6.42 Å². The van der Waals surface area contributed by atoms with E-state index in [0.717, 1.165) is 18.8 Å². The van der Waals surface area contributed by atoms with Gasteiger partial charge in [-0.3, -0.25) is 4.79 Å². The summed E-state index contributed by atoms with van der Waals surface area (Å²) in [5.41, 5.74) is 0.791. The Labute approximate surface area is 108 Å². The first kappa shape index (κ1) is 14.3. The second-order valence-corrected chi connectivity index (χ2v) is 3.83. The van der Waals surface area contributed by atoms with Crippen LogP contribution in [0.25, 0.3) is 0 Å². The van der Waals surface area contributed by atoms with E-state index >= 15 is 0 Å². The Morgan fingerprint density at radius 3 is 2.78 bits per heavy atom. The molecule has 0 bridgehead atoms. The summed E-state index contributed by atoms with van der Waals surface area (Å²) in [5.74, 6) is 2.48. The fourth-order valence-corrected chi connectivity index (χ4v) is 1.70. The van der Waals surface area contributed by atoms with Gasteiger partial charge in [-0.25, -0.2) is 4.68 Å². The van der Waals surface area contributed by atoms with E-state index in [9.17, 15) is 4.79 Å². The standard InChI is InChI=1S/C13H20N4O/c1-4-7-14-8-9-17-13(18)10-12(11-15-17)16(5-2)6-3/h1,10-11,14H,5-9H2,2-3H3. The molecule has 5 nitrogen and oxygen atoms in total. The number of terminal acetylenes is 1. The molecule has 0 spiro atoms. The van der Waals surface area contributed by atoms with Crippen molar-refractivity contribution in [1.82, 2.24) is 15.1 Å². The summed E-state index contributed by atoms with van der Waals surface area (Å²) in [6.07, 6.45) is 6.85.